The van der Waals surface area contributed by atoms with Gasteiger partial charge >= 0.3 is 11.9 Å². The molecule has 6 aliphatic heterocycles. The molecule has 13 nitrogen and oxygen atoms in total. The Bertz CT molecular complexity index is 3760. The van der Waals surface area contributed by atoms with Crippen LogP contribution in [0.1, 0.15) is 176 Å². The van der Waals surface area contributed by atoms with E-state index >= 15 is 9.59 Å². The Hall–Kier alpha value is -6.47. The SMILES string of the molecule is CCCNCc1cc2cc(c1)[C@H]1NC[C@@](C)(O)[C@H](CC=O)C#C[C@H](C3(O)CCCCC3)C[C@H]3C[C@@]([C@@H]4CCN[C@H](NC)C4)(C/C=C4\OC(=O)C5=C4CC[C@H]4[C@H]6CC[C@]7(C(=C6c6cc(O)ccc6-c6cccc(c6)CNCC2)C(=O)O/C7=C\[C@H](CC)Cc2ccccc2)[C@@H]54)C[C@@H]31. The van der Waals surface area contributed by atoms with Crippen LogP contribution in [-0.4, -0.2) is 84.1 Å². The number of aldehydes is 1. The van der Waals surface area contributed by atoms with Crippen LogP contribution < -0.4 is 26.6 Å². The molecule has 12 aliphatic rings. The zero-order chi connectivity index (χ0) is 65.6. The molecule has 0 unspecified atom stereocenters. The quantitative estimate of drug-likeness (QED) is 0.0273. The van der Waals surface area contributed by atoms with Gasteiger partial charge in [0.1, 0.15) is 23.6 Å². The first-order valence-corrected chi connectivity index (χ1v) is 36.5. The molecule has 6 aliphatic carbocycles. The molecule has 6 heterocycles. The molecule has 502 valence electrons. The lowest BCUT2D eigenvalue weighted by Crippen LogP contribution is -2.52. The second-order valence-corrected chi connectivity index (χ2v) is 30.7. The van der Waals surface area contributed by atoms with Crippen molar-refractivity contribution in [3.63, 3.8) is 0 Å². The third-order valence-corrected chi connectivity index (χ3v) is 25.0. The maximum absolute atomic E-state index is 15.6. The molecule has 0 radical (unpaired) electrons. The van der Waals surface area contributed by atoms with Crippen LogP contribution in [-0.2, 0) is 49.8 Å². The highest BCUT2D eigenvalue weighted by Crippen LogP contribution is 2.72. The van der Waals surface area contributed by atoms with Crippen LogP contribution >= 0.6 is 0 Å². The van der Waals surface area contributed by atoms with Gasteiger partial charge in [0.15, 0.2) is 0 Å². The van der Waals surface area contributed by atoms with E-state index in [1.54, 1.807) is 6.07 Å². The molecule has 0 aromatic heterocycles. The second kappa shape index (κ2) is 27.4. The Kier molecular flexibility index (Phi) is 19.0. The summed E-state index contributed by atoms with van der Waals surface area (Å²) < 4.78 is 13.7. The van der Waals surface area contributed by atoms with Gasteiger partial charge in [0, 0.05) is 55.1 Å². The lowest BCUT2D eigenvalue weighted by molar-refractivity contribution is -0.135. The lowest BCUT2D eigenvalue weighted by atomic mass is 9.44. The molecule has 8 N–H and O–H groups in total. The number of β-amino-alcohol motifs (C(OH)–C–C–N with tert-alkyl or cyclic N) is 1. The van der Waals surface area contributed by atoms with Gasteiger partial charge in [-0.15, -0.1) is 0 Å². The molecule has 16 rings (SSSR count). The van der Waals surface area contributed by atoms with E-state index in [0.717, 1.165) is 143 Å². The predicted octanol–water partition coefficient (Wildman–Crippen LogP) is 12.8. The van der Waals surface area contributed by atoms with Crippen molar-refractivity contribution in [3.8, 4) is 28.7 Å². The van der Waals surface area contributed by atoms with Crippen molar-refractivity contribution in [2.45, 2.75) is 186 Å². The van der Waals surface area contributed by atoms with Crippen molar-refractivity contribution in [1.29, 1.82) is 0 Å². The molecular weight excluding hydrogens is 1180 g/mol. The number of aliphatic hydroxyl groups is 2. The summed E-state index contributed by atoms with van der Waals surface area (Å²) >= 11 is 0. The van der Waals surface area contributed by atoms with Crippen LogP contribution in [0, 0.1) is 75.9 Å². The highest BCUT2D eigenvalue weighted by Gasteiger charge is 2.69. The van der Waals surface area contributed by atoms with Gasteiger partial charge in [0.05, 0.1) is 34.3 Å². The van der Waals surface area contributed by atoms with Crippen molar-refractivity contribution in [2.24, 2.45) is 64.1 Å². The van der Waals surface area contributed by atoms with E-state index in [1.165, 1.54) is 22.3 Å². The second-order valence-electron chi connectivity index (χ2n) is 30.7. The molecule has 5 fully saturated rings. The molecule has 1 spiro atoms. The number of piperidine rings is 1. The molecule has 2 saturated heterocycles. The number of benzene rings is 4. The van der Waals surface area contributed by atoms with Gasteiger partial charge in [-0.05, 0) is 258 Å². The number of rotatable bonds is 13. The molecular formula is C82H101N5O8. The largest absolute Gasteiger partial charge is 0.508 e. The predicted molar refractivity (Wildman–Crippen MR) is 371 cm³/mol. The molecule has 3 saturated carbocycles. The van der Waals surface area contributed by atoms with Gasteiger partial charge < -0.3 is 56.2 Å². The number of ether oxygens (including phenoxy) is 2. The summed E-state index contributed by atoms with van der Waals surface area (Å²) in [6, 6.07) is 31.8. The van der Waals surface area contributed by atoms with Crippen molar-refractivity contribution < 1.29 is 39.2 Å². The van der Waals surface area contributed by atoms with E-state index in [0.29, 0.717) is 74.3 Å². The van der Waals surface area contributed by atoms with Gasteiger partial charge in [-0.25, -0.2) is 9.59 Å². The Morgan fingerprint density at radius 3 is 2.46 bits per heavy atom. The minimum atomic E-state index is -1.38. The Balaban J connectivity index is 0.964. The molecule has 4 aromatic carbocycles. The number of aromatic hydroxyl groups is 1. The standard InChI is InChI=1S/C82H101N5O8/c1-5-33-84-49-55-38-53-26-34-85-48-54-16-13-17-56(40-54)63-21-20-62(89)45-67(63)72-64-24-32-82(70(95-78(91)75(72)82)42-51(6-2)37-52-14-9-7-10-15-52)74-65(64)22-23-66-69(94-77(90)73(66)74)25-31-80(60-27-35-86-71(44-60)83-4)46-58-43-61(81(93)29-11-8-12-30-81)19-18-59(28-36-88)79(3,92)50-87-76(68(58)47-80)57(39-53)41-55/h7,9-10,13-17,20-21,25,36,38-42,45,51,58-61,64-65,68,71,74,76,83-87,89,92-93H,5-6,8,11-12,22-24,26-35,37,43-44,46-50H2,1-4H3/b69-25-,70-42-/t51-,58+,59+,60-,61+,64-,65+,68+,71+,74-,76-,79-,80+,82-/m1/s1. The number of hydrogen-bond donors (Lipinski definition) is 8. The van der Waals surface area contributed by atoms with Gasteiger partial charge in [0.25, 0.3) is 0 Å². The Morgan fingerprint density at radius 2 is 1.65 bits per heavy atom. The van der Waals surface area contributed by atoms with Gasteiger partial charge in [-0.3, -0.25) is 0 Å². The van der Waals surface area contributed by atoms with E-state index < -0.39 is 22.5 Å². The molecule has 0 amide bonds. The summed E-state index contributed by atoms with van der Waals surface area (Å²) in [7, 11) is 2.05. The highest BCUT2D eigenvalue weighted by molar-refractivity contribution is 6.07. The minimum absolute atomic E-state index is 0.0158. The summed E-state index contributed by atoms with van der Waals surface area (Å²) in [6.07, 6.45) is 21.1. The summed E-state index contributed by atoms with van der Waals surface area (Å²) in [4.78, 5) is 43.8. The minimum Gasteiger partial charge on any atom is -0.508 e. The normalized spacial score (nSPS) is 34.0. The number of phenols is 1. The van der Waals surface area contributed by atoms with E-state index in [1.807, 2.05) is 32.2 Å². The number of fused-ring (bicyclic) bond motifs is 5. The van der Waals surface area contributed by atoms with Crippen molar-refractivity contribution >= 4 is 23.8 Å². The van der Waals surface area contributed by atoms with Crippen molar-refractivity contribution in [1.82, 2.24) is 26.6 Å². The van der Waals surface area contributed by atoms with Crippen LogP contribution in [0.25, 0.3) is 16.7 Å². The van der Waals surface area contributed by atoms with Crippen molar-refractivity contribution in [3.05, 3.63) is 165 Å². The summed E-state index contributed by atoms with van der Waals surface area (Å²) in [5.41, 5.74) is 8.32. The Labute approximate surface area is 563 Å². The van der Waals surface area contributed by atoms with E-state index in [-0.39, 0.29) is 95.6 Å². The highest BCUT2D eigenvalue weighted by atomic mass is 16.6. The first kappa shape index (κ1) is 65.8. The molecule has 4 aromatic rings. The number of hydrogen-bond acceptors (Lipinski definition) is 13. The monoisotopic (exact) mass is 1280 g/mol. The number of phenolic OH excluding ortho intramolecular Hbond substituents is 1. The number of carbonyl (C=O) groups excluding carboxylic acids is 3. The van der Waals surface area contributed by atoms with Crippen LogP contribution in [0.5, 0.6) is 5.75 Å². The summed E-state index contributed by atoms with van der Waals surface area (Å²) in [5.74, 6) is 6.93. The van der Waals surface area contributed by atoms with Gasteiger partial charge in [-0.2, -0.15) is 0 Å². The third kappa shape index (κ3) is 12.6. The summed E-state index contributed by atoms with van der Waals surface area (Å²) in [6.45, 7) is 10.2. The average molecular weight is 1280 g/mol. The maximum atomic E-state index is 15.6. The van der Waals surface area contributed by atoms with Crippen LogP contribution in [0.4, 0.5) is 0 Å². The van der Waals surface area contributed by atoms with Crippen LogP contribution in [0.2, 0.25) is 0 Å². The molecule has 14 bridgehead atoms. The van der Waals surface area contributed by atoms with Gasteiger partial charge in [0.2, 0.25) is 0 Å². The first-order chi connectivity index (χ1) is 46.1. The van der Waals surface area contributed by atoms with Crippen LogP contribution in [0.3, 0.4) is 0 Å². The zero-order valence-corrected chi connectivity index (χ0v) is 56.5. The number of cyclic esters (lactones) is 1. The smallest absolute Gasteiger partial charge is 0.340 e. The lowest BCUT2D eigenvalue weighted by Gasteiger charge is -2.56. The third-order valence-electron chi connectivity index (χ3n) is 25.0. The molecule has 14 atom stereocenters. The van der Waals surface area contributed by atoms with E-state index in [9.17, 15) is 20.1 Å². The van der Waals surface area contributed by atoms with E-state index in [4.69, 9.17) is 9.47 Å². The average Bonchev–Trinajstić information content (AvgIpc) is 1.59. The number of esters is 2. The number of allylic oxidation sites excluding steroid dienone is 5. The summed E-state index contributed by atoms with van der Waals surface area (Å²) in [5, 5.41) is 56.6. The zero-order valence-electron chi connectivity index (χ0n) is 56.5. The fraction of sp³-hybridized carbons (Fsp3) is 0.549. The van der Waals surface area contributed by atoms with Crippen LogP contribution in [0.15, 0.2) is 131 Å². The first-order valence-electron chi connectivity index (χ1n) is 36.5. The van der Waals surface area contributed by atoms with E-state index in [2.05, 4.69) is 131 Å². The molecule has 13 heteroatoms. The Morgan fingerprint density at radius 1 is 0.800 bits per heavy atom. The number of carbonyl (C=O) groups is 3. The molecule has 95 heavy (non-hydrogen) atoms. The van der Waals surface area contributed by atoms with Gasteiger partial charge in [-0.1, -0.05) is 118 Å². The fourth-order valence-electron chi connectivity index (χ4n) is 20.3. The topological polar surface area (TPSA) is 191 Å². The fourth-order valence-corrected chi connectivity index (χ4v) is 20.3. The van der Waals surface area contributed by atoms with Crippen molar-refractivity contribution in [2.75, 3.05) is 33.2 Å². The number of nitrogens with one attached hydrogen (secondary N) is 5. The maximum Gasteiger partial charge on any atom is 0.340 e.